The first-order valence-electron chi connectivity index (χ1n) is 10.3. The highest BCUT2D eigenvalue weighted by atomic mass is 16.5. The molecule has 0 aromatic heterocycles. The molecular formula is C22H37N3O2. The van der Waals surface area contributed by atoms with Gasteiger partial charge in [0, 0.05) is 33.4 Å². The number of nitrogens with one attached hydrogen (secondary N) is 2. The molecule has 1 aliphatic rings. The Morgan fingerprint density at radius 1 is 1.22 bits per heavy atom. The van der Waals surface area contributed by atoms with Gasteiger partial charge in [-0.05, 0) is 62.1 Å². The molecule has 1 saturated carbocycles. The van der Waals surface area contributed by atoms with Gasteiger partial charge in [0.25, 0.3) is 0 Å². The van der Waals surface area contributed by atoms with Gasteiger partial charge < -0.3 is 20.1 Å². The minimum Gasteiger partial charge on any atom is -0.496 e. The van der Waals surface area contributed by atoms with E-state index in [0.29, 0.717) is 5.41 Å². The van der Waals surface area contributed by atoms with E-state index >= 15 is 0 Å². The Balaban J connectivity index is 1.79. The predicted molar refractivity (Wildman–Crippen MR) is 113 cm³/mol. The summed E-state index contributed by atoms with van der Waals surface area (Å²) in [6, 6.07) is 6.40. The van der Waals surface area contributed by atoms with Crippen LogP contribution < -0.4 is 15.4 Å². The van der Waals surface area contributed by atoms with Gasteiger partial charge in [0.15, 0.2) is 5.96 Å². The topological polar surface area (TPSA) is 54.9 Å². The highest BCUT2D eigenvalue weighted by Gasteiger charge is 2.33. The first kappa shape index (κ1) is 21.5. The van der Waals surface area contributed by atoms with E-state index in [0.717, 1.165) is 50.9 Å². The Labute approximate surface area is 164 Å². The molecule has 2 N–H and O–H groups in total. The van der Waals surface area contributed by atoms with Crippen LogP contribution in [-0.2, 0) is 11.2 Å². The van der Waals surface area contributed by atoms with Crippen molar-refractivity contribution in [1.82, 2.24) is 10.6 Å². The number of ether oxygens (including phenoxy) is 2. The first-order chi connectivity index (χ1) is 13.1. The van der Waals surface area contributed by atoms with Crippen molar-refractivity contribution in [2.75, 3.05) is 40.5 Å². The SMILES string of the molecule is CCOCCC1(CNC(=NC)NCCc2ccc(C)c(OC)c2)CCCC1. The average Bonchev–Trinajstić information content (AvgIpc) is 3.15. The maximum absolute atomic E-state index is 5.61. The Morgan fingerprint density at radius 2 is 2.00 bits per heavy atom. The van der Waals surface area contributed by atoms with Gasteiger partial charge in [0.05, 0.1) is 7.11 Å². The molecule has 0 bridgehead atoms. The molecule has 1 aromatic rings. The van der Waals surface area contributed by atoms with E-state index in [-0.39, 0.29) is 0 Å². The highest BCUT2D eigenvalue weighted by molar-refractivity contribution is 5.79. The monoisotopic (exact) mass is 375 g/mol. The summed E-state index contributed by atoms with van der Waals surface area (Å²) in [5, 5.41) is 7.00. The molecule has 0 spiro atoms. The molecular weight excluding hydrogens is 338 g/mol. The molecule has 0 atom stereocenters. The van der Waals surface area contributed by atoms with Crippen molar-refractivity contribution in [3.05, 3.63) is 29.3 Å². The number of benzene rings is 1. The van der Waals surface area contributed by atoms with E-state index in [1.54, 1.807) is 7.11 Å². The lowest BCUT2D eigenvalue weighted by atomic mass is 9.83. The van der Waals surface area contributed by atoms with E-state index in [2.05, 4.69) is 47.7 Å². The maximum Gasteiger partial charge on any atom is 0.191 e. The highest BCUT2D eigenvalue weighted by Crippen LogP contribution is 2.40. The van der Waals surface area contributed by atoms with E-state index in [9.17, 15) is 0 Å². The molecule has 5 nitrogen and oxygen atoms in total. The Kier molecular flexibility index (Phi) is 8.92. The second-order valence-corrected chi connectivity index (χ2v) is 7.56. The average molecular weight is 376 g/mol. The fourth-order valence-electron chi connectivity index (χ4n) is 3.91. The van der Waals surface area contributed by atoms with E-state index in [1.165, 1.54) is 36.8 Å². The lowest BCUT2D eigenvalue weighted by Gasteiger charge is -2.30. The van der Waals surface area contributed by atoms with Crippen LogP contribution in [0.2, 0.25) is 0 Å². The third-order valence-corrected chi connectivity index (χ3v) is 5.68. The summed E-state index contributed by atoms with van der Waals surface area (Å²) in [6.45, 7) is 7.61. The van der Waals surface area contributed by atoms with E-state index < -0.39 is 0 Å². The van der Waals surface area contributed by atoms with Crippen molar-refractivity contribution in [1.29, 1.82) is 0 Å². The zero-order valence-electron chi connectivity index (χ0n) is 17.6. The molecule has 5 heteroatoms. The van der Waals surface area contributed by atoms with Crippen molar-refractivity contribution in [2.45, 2.75) is 52.4 Å². The Morgan fingerprint density at radius 3 is 2.67 bits per heavy atom. The van der Waals surface area contributed by atoms with Gasteiger partial charge in [0.1, 0.15) is 5.75 Å². The second kappa shape index (κ2) is 11.2. The lowest BCUT2D eigenvalue weighted by molar-refractivity contribution is 0.105. The van der Waals surface area contributed by atoms with Gasteiger partial charge in [-0.25, -0.2) is 0 Å². The van der Waals surface area contributed by atoms with E-state index in [1.807, 2.05) is 7.05 Å². The van der Waals surface area contributed by atoms with E-state index in [4.69, 9.17) is 9.47 Å². The van der Waals surface area contributed by atoms with Crippen LogP contribution in [-0.4, -0.2) is 46.4 Å². The number of nitrogens with zero attached hydrogens (tertiary/aromatic N) is 1. The first-order valence-corrected chi connectivity index (χ1v) is 10.3. The molecule has 0 saturated heterocycles. The summed E-state index contributed by atoms with van der Waals surface area (Å²) in [4.78, 5) is 4.39. The Hall–Kier alpha value is -1.75. The van der Waals surface area contributed by atoms with Gasteiger partial charge >= 0.3 is 0 Å². The molecule has 152 valence electrons. The summed E-state index contributed by atoms with van der Waals surface area (Å²) < 4.78 is 11.0. The summed E-state index contributed by atoms with van der Waals surface area (Å²) in [5.74, 6) is 1.84. The minimum absolute atomic E-state index is 0.358. The Bertz CT molecular complexity index is 595. The van der Waals surface area contributed by atoms with Crippen LogP contribution in [0.25, 0.3) is 0 Å². The number of hydrogen-bond donors (Lipinski definition) is 2. The fraction of sp³-hybridized carbons (Fsp3) is 0.682. The van der Waals surface area contributed by atoms with Gasteiger partial charge in [-0.15, -0.1) is 0 Å². The van der Waals surface area contributed by atoms with Crippen molar-refractivity contribution in [2.24, 2.45) is 10.4 Å². The lowest BCUT2D eigenvalue weighted by Crippen LogP contribution is -2.44. The standard InChI is InChI=1S/C22H37N3O2/c1-5-27-15-13-22(11-6-7-12-22)17-25-21(23-3)24-14-10-19-9-8-18(2)20(16-19)26-4/h8-9,16H,5-7,10-15,17H2,1-4H3,(H2,23,24,25). The van der Waals surface area contributed by atoms with Gasteiger partial charge in [-0.2, -0.15) is 0 Å². The zero-order valence-corrected chi connectivity index (χ0v) is 17.6. The molecule has 2 rings (SSSR count). The summed E-state index contributed by atoms with van der Waals surface area (Å²) in [5.41, 5.74) is 2.79. The zero-order chi connectivity index (χ0) is 19.5. The largest absolute Gasteiger partial charge is 0.496 e. The van der Waals surface area contributed by atoms with Crippen molar-refractivity contribution in [3.63, 3.8) is 0 Å². The number of aliphatic imine (C=N–C) groups is 1. The third kappa shape index (κ3) is 6.73. The molecule has 0 heterocycles. The molecule has 0 radical (unpaired) electrons. The molecule has 0 aliphatic heterocycles. The third-order valence-electron chi connectivity index (χ3n) is 5.68. The van der Waals surface area contributed by atoms with Gasteiger partial charge in [-0.3, -0.25) is 4.99 Å². The maximum atomic E-state index is 5.61. The van der Waals surface area contributed by atoms with Crippen LogP contribution in [0.15, 0.2) is 23.2 Å². The van der Waals surface area contributed by atoms with Crippen molar-refractivity contribution >= 4 is 5.96 Å². The van der Waals surface area contributed by atoms with Crippen LogP contribution in [0.1, 0.15) is 50.2 Å². The molecule has 0 unspecified atom stereocenters. The van der Waals surface area contributed by atoms with Crippen LogP contribution in [0.4, 0.5) is 0 Å². The molecule has 0 amide bonds. The normalized spacial score (nSPS) is 16.4. The number of hydrogen-bond acceptors (Lipinski definition) is 3. The predicted octanol–water partition coefficient (Wildman–Crippen LogP) is 3.70. The minimum atomic E-state index is 0.358. The number of guanidine groups is 1. The summed E-state index contributed by atoms with van der Waals surface area (Å²) >= 11 is 0. The number of methoxy groups -OCH3 is 1. The fourth-order valence-corrected chi connectivity index (χ4v) is 3.91. The molecule has 1 fully saturated rings. The van der Waals surface area contributed by atoms with Crippen molar-refractivity contribution in [3.8, 4) is 5.75 Å². The quantitative estimate of drug-likeness (QED) is 0.372. The smallest absolute Gasteiger partial charge is 0.191 e. The van der Waals surface area contributed by atoms with Gasteiger partial charge in [0.2, 0.25) is 0 Å². The van der Waals surface area contributed by atoms with Crippen LogP contribution in [0.5, 0.6) is 5.75 Å². The van der Waals surface area contributed by atoms with Crippen LogP contribution >= 0.6 is 0 Å². The van der Waals surface area contributed by atoms with Gasteiger partial charge in [-0.1, -0.05) is 25.0 Å². The summed E-state index contributed by atoms with van der Waals surface area (Å²) in [6.07, 6.45) is 7.30. The van der Waals surface area contributed by atoms with Crippen LogP contribution in [0.3, 0.4) is 0 Å². The molecule has 1 aromatic carbocycles. The second-order valence-electron chi connectivity index (χ2n) is 7.56. The number of rotatable bonds is 10. The number of aryl methyl sites for hydroxylation is 1. The summed E-state index contributed by atoms with van der Waals surface area (Å²) in [7, 11) is 3.56. The van der Waals surface area contributed by atoms with Crippen molar-refractivity contribution < 1.29 is 9.47 Å². The van der Waals surface area contributed by atoms with Crippen LogP contribution in [0, 0.1) is 12.3 Å². The molecule has 27 heavy (non-hydrogen) atoms. The molecule has 1 aliphatic carbocycles.